The SMILES string of the molecule is CCc1ccc(NC(=O)/C=C/c2coc3ccccc3c2=O)cc1. The van der Waals surface area contributed by atoms with Crippen LogP contribution in [0, 0.1) is 0 Å². The van der Waals surface area contributed by atoms with E-state index < -0.39 is 0 Å². The summed E-state index contributed by atoms with van der Waals surface area (Å²) in [5, 5.41) is 3.26. The summed E-state index contributed by atoms with van der Waals surface area (Å²) in [4.78, 5) is 24.3. The predicted octanol–water partition coefficient (Wildman–Crippen LogP) is 4.01. The van der Waals surface area contributed by atoms with Gasteiger partial charge in [0.1, 0.15) is 11.8 Å². The van der Waals surface area contributed by atoms with Crippen molar-refractivity contribution >= 4 is 28.6 Å². The van der Waals surface area contributed by atoms with Crippen molar-refractivity contribution in [3.05, 3.63) is 82.2 Å². The van der Waals surface area contributed by atoms with E-state index >= 15 is 0 Å². The molecule has 0 aliphatic heterocycles. The molecule has 0 aliphatic carbocycles. The second-order valence-electron chi connectivity index (χ2n) is 5.39. The molecule has 2 aromatic carbocycles. The van der Waals surface area contributed by atoms with E-state index in [9.17, 15) is 9.59 Å². The smallest absolute Gasteiger partial charge is 0.248 e. The van der Waals surface area contributed by atoms with Crippen LogP contribution in [0.3, 0.4) is 0 Å². The Hall–Kier alpha value is -3.14. The third-order valence-corrected chi connectivity index (χ3v) is 3.75. The number of hydrogen-bond donors (Lipinski definition) is 1. The Labute approximate surface area is 139 Å². The maximum absolute atomic E-state index is 12.3. The molecular formula is C20H17NO3. The summed E-state index contributed by atoms with van der Waals surface area (Å²) in [6.07, 6.45) is 5.11. The third-order valence-electron chi connectivity index (χ3n) is 3.75. The third kappa shape index (κ3) is 3.43. The van der Waals surface area contributed by atoms with Gasteiger partial charge in [0, 0.05) is 11.8 Å². The highest BCUT2D eigenvalue weighted by atomic mass is 16.3. The average Bonchev–Trinajstić information content (AvgIpc) is 2.62. The van der Waals surface area contributed by atoms with Crippen molar-refractivity contribution in [2.45, 2.75) is 13.3 Å². The molecule has 1 aromatic heterocycles. The number of amides is 1. The zero-order chi connectivity index (χ0) is 16.9. The number of aryl methyl sites for hydroxylation is 1. The molecule has 0 saturated heterocycles. The van der Waals surface area contributed by atoms with Crippen LogP contribution in [0.15, 0.2) is 70.1 Å². The van der Waals surface area contributed by atoms with Gasteiger partial charge < -0.3 is 9.73 Å². The summed E-state index contributed by atoms with van der Waals surface area (Å²) in [7, 11) is 0. The molecule has 120 valence electrons. The van der Waals surface area contributed by atoms with Crippen molar-refractivity contribution in [1.82, 2.24) is 0 Å². The maximum Gasteiger partial charge on any atom is 0.248 e. The van der Waals surface area contributed by atoms with Gasteiger partial charge in [0.25, 0.3) is 0 Å². The largest absolute Gasteiger partial charge is 0.463 e. The van der Waals surface area contributed by atoms with Crippen LogP contribution in [0.25, 0.3) is 17.0 Å². The van der Waals surface area contributed by atoms with E-state index in [1.807, 2.05) is 24.3 Å². The lowest BCUT2D eigenvalue weighted by molar-refractivity contribution is -0.111. The molecule has 0 spiro atoms. The van der Waals surface area contributed by atoms with Crippen LogP contribution in [0.1, 0.15) is 18.1 Å². The van der Waals surface area contributed by atoms with Gasteiger partial charge in [-0.3, -0.25) is 9.59 Å². The van der Waals surface area contributed by atoms with E-state index in [0.29, 0.717) is 22.2 Å². The number of nitrogens with one attached hydrogen (secondary N) is 1. The number of para-hydroxylation sites is 1. The first-order chi connectivity index (χ1) is 11.7. The number of fused-ring (bicyclic) bond motifs is 1. The lowest BCUT2D eigenvalue weighted by Crippen LogP contribution is -2.09. The van der Waals surface area contributed by atoms with Crippen molar-refractivity contribution in [1.29, 1.82) is 0 Å². The fraction of sp³-hybridized carbons (Fsp3) is 0.100. The van der Waals surface area contributed by atoms with Crippen molar-refractivity contribution in [2.75, 3.05) is 5.32 Å². The molecule has 0 saturated carbocycles. The second-order valence-corrected chi connectivity index (χ2v) is 5.39. The minimum absolute atomic E-state index is 0.159. The summed E-state index contributed by atoms with van der Waals surface area (Å²) >= 11 is 0. The molecule has 4 heteroatoms. The highest BCUT2D eigenvalue weighted by Crippen LogP contribution is 2.12. The van der Waals surface area contributed by atoms with Crippen molar-refractivity contribution in [2.24, 2.45) is 0 Å². The van der Waals surface area contributed by atoms with E-state index in [4.69, 9.17) is 4.42 Å². The Morgan fingerprint density at radius 2 is 1.88 bits per heavy atom. The molecule has 1 amide bonds. The molecule has 3 rings (SSSR count). The molecule has 1 N–H and O–H groups in total. The number of hydrogen-bond acceptors (Lipinski definition) is 3. The minimum Gasteiger partial charge on any atom is -0.463 e. The molecular weight excluding hydrogens is 302 g/mol. The predicted molar refractivity (Wildman–Crippen MR) is 96.0 cm³/mol. The second kappa shape index (κ2) is 6.96. The topological polar surface area (TPSA) is 59.3 Å². The maximum atomic E-state index is 12.3. The highest BCUT2D eigenvalue weighted by molar-refractivity contribution is 6.02. The van der Waals surface area contributed by atoms with Crippen LogP contribution >= 0.6 is 0 Å². The van der Waals surface area contributed by atoms with Gasteiger partial charge in [-0.2, -0.15) is 0 Å². The summed E-state index contributed by atoms with van der Waals surface area (Å²) in [6.45, 7) is 2.07. The Bertz CT molecular complexity index is 953. The Kier molecular flexibility index (Phi) is 4.57. The van der Waals surface area contributed by atoms with E-state index in [-0.39, 0.29) is 11.3 Å². The van der Waals surface area contributed by atoms with Crippen molar-refractivity contribution in [3.63, 3.8) is 0 Å². The summed E-state index contributed by atoms with van der Waals surface area (Å²) in [5.74, 6) is -0.299. The zero-order valence-electron chi connectivity index (χ0n) is 13.3. The number of benzene rings is 2. The van der Waals surface area contributed by atoms with Gasteiger partial charge in [0.2, 0.25) is 5.91 Å². The normalized spacial score (nSPS) is 11.0. The fourth-order valence-electron chi connectivity index (χ4n) is 2.38. The van der Waals surface area contributed by atoms with E-state index in [1.54, 1.807) is 24.3 Å². The van der Waals surface area contributed by atoms with Gasteiger partial charge >= 0.3 is 0 Å². The van der Waals surface area contributed by atoms with Crippen LogP contribution < -0.4 is 10.7 Å². The monoisotopic (exact) mass is 319 g/mol. The summed E-state index contributed by atoms with van der Waals surface area (Å²) in [6, 6.07) is 14.7. The highest BCUT2D eigenvalue weighted by Gasteiger charge is 2.04. The molecule has 0 unspecified atom stereocenters. The van der Waals surface area contributed by atoms with Crippen LogP contribution in [-0.2, 0) is 11.2 Å². The average molecular weight is 319 g/mol. The van der Waals surface area contributed by atoms with Gasteiger partial charge in [-0.1, -0.05) is 31.2 Å². The van der Waals surface area contributed by atoms with Gasteiger partial charge in [-0.15, -0.1) is 0 Å². The van der Waals surface area contributed by atoms with Crippen molar-refractivity contribution in [3.8, 4) is 0 Å². The van der Waals surface area contributed by atoms with Crippen LogP contribution in [0.4, 0.5) is 5.69 Å². The number of rotatable bonds is 4. The first kappa shape index (κ1) is 15.7. The van der Waals surface area contributed by atoms with Crippen LogP contribution in [0.5, 0.6) is 0 Å². The number of carbonyl (C=O) groups is 1. The van der Waals surface area contributed by atoms with E-state index in [2.05, 4.69) is 12.2 Å². The first-order valence-corrected chi connectivity index (χ1v) is 7.76. The Balaban J connectivity index is 1.76. The van der Waals surface area contributed by atoms with Crippen molar-refractivity contribution < 1.29 is 9.21 Å². The Morgan fingerprint density at radius 1 is 1.12 bits per heavy atom. The first-order valence-electron chi connectivity index (χ1n) is 7.76. The standard InChI is InChI=1S/C20H17NO3/c1-2-14-7-10-16(11-8-14)21-19(22)12-9-15-13-24-18-6-4-3-5-17(18)20(15)23/h3-13H,2H2,1H3,(H,21,22)/b12-9+. The van der Waals surface area contributed by atoms with E-state index in [1.165, 1.54) is 24.0 Å². The Morgan fingerprint density at radius 3 is 2.62 bits per heavy atom. The van der Waals surface area contributed by atoms with Gasteiger partial charge in [0.05, 0.1) is 10.9 Å². The lowest BCUT2D eigenvalue weighted by atomic mass is 10.1. The molecule has 4 nitrogen and oxygen atoms in total. The van der Waals surface area contributed by atoms with Gasteiger partial charge in [0.15, 0.2) is 5.43 Å². The molecule has 3 aromatic rings. The number of anilines is 1. The molecule has 0 aliphatic rings. The molecule has 24 heavy (non-hydrogen) atoms. The quantitative estimate of drug-likeness (QED) is 0.739. The van der Waals surface area contributed by atoms with Crippen LogP contribution in [-0.4, -0.2) is 5.91 Å². The molecule has 0 bridgehead atoms. The lowest BCUT2D eigenvalue weighted by Gasteiger charge is -2.03. The van der Waals surface area contributed by atoms with Crippen LogP contribution in [0.2, 0.25) is 0 Å². The molecule has 0 fully saturated rings. The van der Waals surface area contributed by atoms with E-state index in [0.717, 1.165) is 6.42 Å². The zero-order valence-corrected chi connectivity index (χ0v) is 13.3. The number of carbonyl (C=O) groups excluding carboxylic acids is 1. The molecule has 0 atom stereocenters. The molecule has 1 heterocycles. The fourth-order valence-corrected chi connectivity index (χ4v) is 2.38. The van der Waals surface area contributed by atoms with Gasteiger partial charge in [-0.25, -0.2) is 0 Å². The minimum atomic E-state index is -0.299. The summed E-state index contributed by atoms with van der Waals surface area (Å²) in [5.41, 5.74) is 2.63. The van der Waals surface area contributed by atoms with Gasteiger partial charge in [-0.05, 0) is 42.3 Å². The summed E-state index contributed by atoms with van der Waals surface area (Å²) < 4.78 is 5.42. The molecule has 0 radical (unpaired) electrons.